The topological polar surface area (TPSA) is 60.0 Å². The maximum atomic E-state index is 13.3. The number of amides is 2. The van der Waals surface area contributed by atoms with Crippen molar-refractivity contribution in [1.82, 2.24) is 5.32 Å². The fourth-order valence-electron chi connectivity index (χ4n) is 4.44. The van der Waals surface area contributed by atoms with Gasteiger partial charge < -0.3 is 19.5 Å². The lowest BCUT2D eigenvalue weighted by molar-refractivity contribution is 0.173. The van der Waals surface area contributed by atoms with Gasteiger partial charge in [0.1, 0.15) is 17.9 Å². The Morgan fingerprint density at radius 1 is 1.14 bits per heavy atom. The molecule has 1 spiro atoms. The van der Waals surface area contributed by atoms with E-state index < -0.39 is 5.54 Å². The predicted octanol–water partition coefficient (Wildman–Crippen LogP) is 4.17. The van der Waals surface area contributed by atoms with E-state index in [2.05, 4.69) is 11.4 Å². The number of halogens is 1. The Labute approximate surface area is 176 Å². The second-order valence-corrected chi connectivity index (χ2v) is 9.41. The molecule has 4 aliphatic rings. The molecule has 8 heteroatoms. The molecule has 0 aromatic heterocycles. The summed E-state index contributed by atoms with van der Waals surface area (Å²) in [4.78, 5) is 15.1. The average Bonchev–Trinajstić information content (AvgIpc) is 3.43. The molecule has 0 radical (unpaired) electrons. The number of ether oxygens (including phenoxy) is 3. The zero-order valence-electron chi connectivity index (χ0n) is 15.3. The van der Waals surface area contributed by atoms with Crippen molar-refractivity contribution in [2.75, 3.05) is 24.8 Å². The summed E-state index contributed by atoms with van der Waals surface area (Å²) in [5, 5.41) is 3.48. The number of nitrogens with zero attached hydrogens (tertiary/aromatic N) is 1. The van der Waals surface area contributed by atoms with Crippen molar-refractivity contribution < 1.29 is 19.0 Å². The van der Waals surface area contributed by atoms with E-state index >= 15 is 0 Å². The number of hydrogen-bond donors (Lipinski definition) is 1. The highest BCUT2D eigenvalue weighted by atomic mass is 35.5. The lowest BCUT2D eigenvalue weighted by Crippen LogP contribution is -2.58. The minimum atomic E-state index is -0.751. The number of para-hydroxylation sites is 1. The van der Waals surface area contributed by atoms with E-state index in [0.29, 0.717) is 30.4 Å². The maximum Gasteiger partial charge on any atom is 0.323 e. The maximum absolute atomic E-state index is 13.3. The highest BCUT2D eigenvalue weighted by molar-refractivity contribution is 8.05. The normalized spacial score (nSPS) is 26.1. The van der Waals surface area contributed by atoms with Gasteiger partial charge in [0.15, 0.2) is 11.5 Å². The zero-order chi connectivity index (χ0) is 19.6. The van der Waals surface area contributed by atoms with Crippen molar-refractivity contribution in [3.05, 3.63) is 58.0 Å². The molecule has 4 aliphatic heterocycles. The number of anilines is 1. The van der Waals surface area contributed by atoms with Gasteiger partial charge in [-0.05, 0) is 18.6 Å². The first kappa shape index (κ1) is 17.4. The van der Waals surface area contributed by atoms with Gasteiger partial charge in [-0.15, -0.1) is 11.8 Å². The number of hydrogen-bond acceptors (Lipinski definition) is 5. The Morgan fingerprint density at radius 2 is 1.97 bits per heavy atom. The molecule has 2 amide bonds. The quantitative estimate of drug-likeness (QED) is 0.778. The van der Waals surface area contributed by atoms with Crippen LogP contribution in [0.5, 0.6) is 17.2 Å². The van der Waals surface area contributed by atoms with Gasteiger partial charge in [0, 0.05) is 29.0 Å². The molecule has 0 saturated heterocycles. The van der Waals surface area contributed by atoms with Crippen LogP contribution < -0.4 is 24.4 Å². The van der Waals surface area contributed by atoms with Gasteiger partial charge in [-0.1, -0.05) is 35.9 Å². The van der Waals surface area contributed by atoms with Crippen LogP contribution >= 0.6 is 23.4 Å². The molecule has 2 unspecified atom stereocenters. The van der Waals surface area contributed by atoms with Crippen molar-refractivity contribution in [3.63, 3.8) is 0 Å². The molecular formula is C21H17ClN2O4S. The van der Waals surface area contributed by atoms with Crippen LogP contribution in [0.25, 0.3) is 0 Å². The second-order valence-electron chi connectivity index (χ2n) is 7.44. The van der Waals surface area contributed by atoms with E-state index in [1.54, 1.807) is 11.8 Å². The molecule has 6 nitrogen and oxygen atoms in total. The van der Waals surface area contributed by atoms with Crippen molar-refractivity contribution in [1.29, 1.82) is 0 Å². The third kappa shape index (κ3) is 2.53. The molecule has 0 fully saturated rings. The van der Waals surface area contributed by atoms with Crippen LogP contribution in [0, 0.1) is 0 Å². The number of fused-ring (bicyclic) bond motifs is 5. The fraction of sp³-hybridized carbons (Fsp3) is 0.286. The van der Waals surface area contributed by atoms with Gasteiger partial charge in [0.2, 0.25) is 6.79 Å². The first-order chi connectivity index (χ1) is 14.1. The van der Waals surface area contributed by atoms with Crippen molar-refractivity contribution in [3.8, 4) is 17.2 Å². The summed E-state index contributed by atoms with van der Waals surface area (Å²) in [7, 11) is 0. The van der Waals surface area contributed by atoms with Crippen LogP contribution in [0.3, 0.4) is 0 Å². The molecule has 2 aromatic carbocycles. The third-order valence-corrected chi connectivity index (χ3v) is 7.29. The summed E-state index contributed by atoms with van der Waals surface area (Å²) in [5.74, 6) is 2.05. The third-order valence-electron chi connectivity index (χ3n) is 5.81. The van der Waals surface area contributed by atoms with E-state index in [0.717, 1.165) is 27.6 Å². The van der Waals surface area contributed by atoms with Crippen LogP contribution in [0.1, 0.15) is 17.5 Å². The SMILES string of the molecule is O=C1NC2(COc3cc4c(cc32)OCO4)c2ccccc2N1CC1CC=C(Cl)S1. The molecule has 29 heavy (non-hydrogen) atoms. The van der Waals surface area contributed by atoms with E-state index in [1.807, 2.05) is 41.3 Å². The summed E-state index contributed by atoms with van der Waals surface area (Å²) >= 11 is 7.74. The van der Waals surface area contributed by atoms with Gasteiger partial charge in [-0.3, -0.25) is 4.90 Å². The largest absolute Gasteiger partial charge is 0.490 e. The Bertz CT molecular complexity index is 1070. The number of carbonyl (C=O) groups excluding carboxylic acids is 1. The van der Waals surface area contributed by atoms with Gasteiger partial charge in [0.25, 0.3) is 0 Å². The second kappa shape index (κ2) is 6.24. The summed E-state index contributed by atoms with van der Waals surface area (Å²) < 4.78 is 17.8. The van der Waals surface area contributed by atoms with E-state index in [4.69, 9.17) is 25.8 Å². The molecule has 0 bridgehead atoms. The van der Waals surface area contributed by atoms with Gasteiger partial charge in [-0.25, -0.2) is 4.79 Å². The lowest BCUT2D eigenvalue weighted by Gasteiger charge is -2.41. The standard InChI is InChI=1S/C21H17ClN2O4S/c22-19-6-5-12(29-19)9-24-15-4-2-1-3-13(15)21(23-20(24)25)10-26-16-8-18-17(7-14(16)21)27-11-28-18/h1-4,6-8,12H,5,9-11H2,(H,23,25). The predicted molar refractivity (Wildman–Crippen MR) is 111 cm³/mol. The molecule has 0 saturated carbocycles. The summed E-state index contributed by atoms with van der Waals surface area (Å²) in [6.07, 6.45) is 2.87. The Kier molecular flexibility index (Phi) is 3.74. The molecule has 0 aliphatic carbocycles. The van der Waals surface area contributed by atoms with Gasteiger partial charge in [-0.2, -0.15) is 0 Å². The van der Waals surface area contributed by atoms with Crippen molar-refractivity contribution in [2.45, 2.75) is 17.2 Å². The van der Waals surface area contributed by atoms with Crippen LogP contribution in [0.2, 0.25) is 0 Å². The first-order valence-electron chi connectivity index (χ1n) is 9.42. The molecule has 2 aromatic rings. The number of urea groups is 1. The van der Waals surface area contributed by atoms with Crippen LogP contribution in [0.15, 0.2) is 46.8 Å². The summed E-state index contributed by atoms with van der Waals surface area (Å²) in [6, 6.07) is 11.6. The Morgan fingerprint density at radius 3 is 2.79 bits per heavy atom. The lowest BCUT2D eigenvalue weighted by atomic mass is 9.81. The molecule has 6 rings (SSSR count). The Balaban J connectivity index is 1.43. The van der Waals surface area contributed by atoms with Crippen molar-refractivity contribution >= 4 is 35.1 Å². The van der Waals surface area contributed by atoms with Crippen LogP contribution in [-0.2, 0) is 5.54 Å². The smallest absolute Gasteiger partial charge is 0.323 e. The van der Waals surface area contributed by atoms with Crippen LogP contribution in [0.4, 0.5) is 10.5 Å². The molecular weight excluding hydrogens is 412 g/mol. The van der Waals surface area contributed by atoms with E-state index in [1.165, 1.54) is 0 Å². The minimum Gasteiger partial charge on any atom is -0.490 e. The number of nitrogens with one attached hydrogen (secondary N) is 1. The summed E-state index contributed by atoms with van der Waals surface area (Å²) in [6.45, 7) is 1.11. The number of carbonyl (C=O) groups is 1. The molecule has 4 heterocycles. The zero-order valence-corrected chi connectivity index (χ0v) is 16.9. The summed E-state index contributed by atoms with van der Waals surface area (Å²) in [5.41, 5.74) is 2.05. The molecule has 2 atom stereocenters. The molecule has 148 valence electrons. The molecule has 1 N–H and O–H groups in total. The Hall–Kier alpha value is -2.51. The monoisotopic (exact) mass is 428 g/mol. The average molecular weight is 429 g/mol. The number of rotatable bonds is 2. The number of thioether (sulfide) groups is 1. The van der Waals surface area contributed by atoms with Gasteiger partial charge in [0.05, 0.1) is 10.1 Å². The highest BCUT2D eigenvalue weighted by Crippen LogP contribution is 2.51. The van der Waals surface area contributed by atoms with E-state index in [-0.39, 0.29) is 18.1 Å². The highest BCUT2D eigenvalue weighted by Gasteiger charge is 2.50. The first-order valence-corrected chi connectivity index (χ1v) is 10.7. The van der Waals surface area contributed by atoms with Crippen molar-refractivity contribution in [2.24, 2.45) is 0 Å². The van der Waals surface area contributed by atoms with Gasteiger partial charge >= 0.3 is 6.03 Å². The minimum absolute atomic E-state index is 0.138. The fourth-order valence-corrected chi connectivity index (χ4v) is 5.83. The number of allylic oxidation sites excluding steroid dienone is 1. The van der Waals surface area contributed by atoms with E-state index in [9.17, 15) is 4.79 Å². The van der Waals surface area contributed by atoms with Crippen LogP contribution in [-0.4, -0.2) is 31.2 Å². The number of benzene rings is 2.